The summed E-state index contributed by atoms with van der Waals surface area (Å²) >= 11 is 2.05. The predicted molar refractivity (Wildman–Crippen MR) is 80.3 cm³/mol. The fraction of sp³-hybridized carbons (Fsp3) is 0.625. The lowest BCUT2D eigenvalue weighted by Crippen LogP contribution is -2.19. The molecule has 0 aromatic heterocycles. The van der Waals surface area contributed by atoms with Crippen LogP contribution in [0.2, 0.25) is 0 Å². The number of thioether (sulfide) groups is 1. The molecule has 1 aromatic rings. The van der Waals surface area contributed by atoms with E-state index in [0.29, 0.717) is 0 Å². The molecule has 0 spiro atoms. The van der Waals surface area contributed by atoms with Gasteiger partial charge >= 0.3 is 0 Å². The smallest absolute Gasteiger partial charge is 0.0583 e. The topological polar surface area (TPSA) is 20.2 Å². The standard InChI is InChI=1S/C16H24OS/c1-12-3-4-15(9-13(12)2)11-16(17)10-14-5-7-18-8-6-14/h3-4,9,14,16-17H,5-8,10-11H2,1-2H3. The molecule has 2 heteroatoms. The van der Waals surface area contributed by atoms with E-state index in [1.54, 1.807) is 0 Å². The van der Waals surface area contributed by atoms with Crippen molar-refractivity contribution in [1.82, 2.24) is 0 Å². The van der Waals surface area contributed by atoms with E-state index in [-0.39, 0.29) is 6.10 Å². The van der Waals surface area contributed by atoms with Gasteiger partial charge in [-0.05, 0) is 73.6 Å². The molecule has 100 valence electrons. The number of aliphatic hydroxyl groups excluding tert-OH is 1. The summed E-state index contributed by atoms with van der Waals surface area (Å²) in [6.07, 6.45) is 4.20. The Morgan fingerprint density at radius 1 is 1.22 bits per heavy atom. The molecular weight excluding hydrogens is 240 g/mol. The van der Waals surface area contributed by atoms with Crippen molar-refractivity contribution in [3.8, 4) is 0 Å². The minimum Gasteiger partial charge on any atom is -0.393 e. The Kier molecular flexibility index (Phi) is 5.13. The van der Waals surface area contributed by atoms with Crippen LogP contribution >= 0.6 is 11.8 Å². The minimum absolute atomic E-state index is 0.166. The molecule has 1 aromatic carbocycles. The van der Waals surface area contributed by atoms with E-state index in [1.165, 1.54) is 41.0 Å². The Bertz CT molecular complexity index is 383. The average molecular weight is 264 g/mol. The zero-order chi connectivity index (χ0) is 13.0. The molecule has 18 heavy (non-hydrogen) atoms. The first-order valence-corrected chi connectivity index (χ1v) is 8.12. The Labute approximate surface area is 115 Å². The summed E-state index contributed by atoms with van der Waals surface area (Å²) in [5.74, 6) is 3.30. The Hall–Kier alpha value is -0.470. The number of hydrogen-bond acceptors (Lipinski definition) is 2. The molecule has 0 amide bonds. The number of rotatable bonds is 4. The lowest BCUT2D eigenvalue weighted by Gasteiger charge is -2.23. The third-order valence-corrected chi connectivity index (χ3v) is 5.04. The third kappa shape index (κ3) is 4.03. The van der Waals surface area contributed by atoms with Gasteiger partial charge in [-0.2, -0.15) is 11.8 Å². The Balaban J connectivity index is 1.85. The van der Waals surface area contributed by atoms with Gasteiger partial charge in [0.05, 0.1) is 6.10 Å². The quantitative estimate of drug-likeness (QED) is 0.894. The van der Waals surface area contributed by atoms with Crippen molar-refractivity contribution < 1.29 is 5.11 Å². The zero-order valence-corrected chi connectivity index (χ0v) is 12.3. The number of hydrogen-bond donors (Lipinski definition) is 1. The van der Waals surface area contributed by atoms with Gasteiger partial charge in [-0.1, -0.05) is 18.2 Å². The van der Waals surface area contributed by atoms with Crippen LogP contribution in [0.1, 0.15) is 36.0 Å². The van der Waals surface area contributed by atoms with Crippen LogP contribution in [-0.4, -0.2) is 22.7 Å². The Morgan fingerprint density at radius 2 is 1.94 bits per heavy atom. The monoisotopic (exact) mass is 264 g/mol. The fourth-order valence-corrected chi connectivity index (χ4v) is 3.86. The van der Waals surface area contributed by atoms with E-state index in [1.807, 2.05) is 0 Å². The second-order valence-electron chi connectivity index (χ2n) is 5.57. The van der Waals surface area contributed by atoms with Crippen LogP contribution in [0.25, 0.3) is 0 Å². The number of benzene rings is 1. The summed E-state index contributed by atoms with van der Waals surface area (Å²) in [6.45, 7) is 4.28. The summed E-state index contributed by atoms with van der Waals surface area (Å²) in [6, 6.07) is 6.53. The van der Waals surface area contributed by atoms with E-state index >= 15 is 0 Å². The maximum atomic E-state index is 10.2. The highest BCUT2D eigenvalue weighted by molar-refractivity contribution is 7.99. The van der Waals surface area contributed by atoms with Gasteiger partial charge in [0.2, 0.25) is 0 Å². The van der Waals surface area contributed by atoms with Gasteiger partial charge in [-0.25, -0.2) is 0 Å². The molecule has 0 saturated carbocycles. The van der Waals surface area contributed by atoms with E-state index in [4.69, 9.17) is 0 Å². The van der Waals surface area contributed by atoms with Crippen LogP contribution in [-0.2, 0) is 6.42 Å². The number of aryl methyl sites for hydroxylation is 2. The van der Waals surface area contributed by atoms with Crippen LogP contribution in [0.4, 0.5) is 0 Å². The first kappa shape index (κ1) is 14.0. The van der Waals surface area contributed by atoms with Gasteiger partial charge < -0.3 is 5.11 Å². The second-order valence-corrected chi connectivity index (χ2v) is 6.79. The van der Waals surface area contributed by atoms with E-state index in [2.05, 4.69) is 43.8 Å². The van der Waals surface area contributed by atoms with Gasteiger partial charge in [0.1, 0.15) is 0 Å². The molecule has 0 bridgehead atoms. The van der Waals surface area contributed by atoms with E-state index in [0.717, 1.165) is 18.8 Å². The van der Waals surface area contributed by atoms with E-state index < -0.39 is 0 Å². The Morgan fingerprint density at radius 3 is 2.61 bits per heavy atom. The van der Waals surface area contributed by atoms with Gasteiger partial charge in [0.25, 0.3) is 0 Å². The summed E-state index contributed by atoms with van der Waals surface area (Å²) < 4.78 is 0. The normalized spacial score (nSPS) is 18.8. The first-order chi connectivity index (χ1) is 8.65. The molecule has 2 rings (SSSR count). The molecule has 1 saturated heterocycles. The highest BCUT2D eigenvalue weighted by Crippen LogP contribution is 2.27. The highest BCUT2D eigenvalue weighted by Gasteiger charge is 2.18. The van der Waals surface area contributed by atoms with Crippen molar-refractivity contribution >= 4 is 11.8 Å². The molecule has 1 unspecified atom stereocenters. The molecule has 1 heterocycles. The van der Waals surface area contributed by atoms with Crippen LogP contribution in [0.15, 0.2) is 18.2 Å². The molecule has 1 atom stereocenters. The lowest BCUT2D eigenvalue weighted by atomic mass is 9.92. The van der Waals surface area contributed by atoms with Crippen LogP contribution in [0.5, 0.6) is 0 Å². The minimum atomic E-state index is -0.166. The van der Waals surface area contributed by atoms with Crippen molar-refractivity contribution in [3.63, 3.8) is 0 Å². The van der Waals surface area contributed by atoms with Gasteiger partial charge in [-0.15, -0.1) is 0 Å². The average Bonchev–Trinajstić information content (AvgIpc) is 2.35. The third-order valence-electron chi connectivity index (χ3n) is 3.99. The van der Waals surface area contributed by atoms with Crippen molar-refractivity contribution in [1.29, 1.82) is 0 Å². The molecule has 1 aliphatic rings. The number of aliphatic hydroxyl groups is 1. The van der Waals surface area contributed by atoms with Crippen molar-refractivity contribution in [2.75, 3.05) is 11.5 Å². The maximum Gasteiger partial charge on any atom is 0.0583 e. The predicted octanol–water partition coefficient (Wildman–Crippen LogP) is 3.74. The molecule has 0 radical (unpaired) electrons. The summed E-state index contributed by atoms with van der Waals surface area (Å²) in [7, 11) is 0. The largest absolute Gasteiger partial charge is 0.393 e. The summed E-state index contributed by atoms with van der Waals surface area (Å²) in [5, 5.41) is 10.2. The van der Waals surface area contributed by atoms with Gasteiger partial charge in [0, 0.05) is 0 Å². The second kappa shape index (κ2) is 6.63. The highest BCUT2D eigenvalue weighted by atomic mass is 32.2. The van der Waals surface area contributed by atoms with Gasteiger partial charge in [-0.3, -0.25) is 0 Å². The SMILES string of the molecule is Cc1ccc(CC(O)CC2CCSCC2)cc1C. The van der Waals surface area contributed by atoms with Crippen molar-refractivity contribution in [2.45, 2.75) is 45.6 Å². The maximum absolute atomic E-state index is 10.2. The lowest BCUT2D eigenvalue weighted by molar-refractivity contribution is 0.139. The van der Waals surface area contributed by atoms with Crippen LogP contribution in [0, 0.1) is 19.8 Å². The first-order valence-electron chi connectivity index (χ1n) is 6.97. The summed E-state index contributed by atoms with van der Waals surface area (Å²) in [4.78, 5) is 0. The molecule has 1 fully saturated rings. The van der Waals surface area contributed by atoms with E-state index in [9.17, 15) is 5.11 Å². The van der Waals surface area contributed by atoms with Crippen molar-refractivity contribution in [3.05, 3.63) is 34.9 Å². The van der Waals surface area contributed by atoms with Gasteiger partial charge in [0.15, 0.2) is 0 Å². The molecule has 1 nitrogen and oxygen atoms in total. The summed E-state index contributed by atoms with van der Waals surface area (Å²) in [5.41, 5.74) is 3.93. The molecular formula is C16H24OS. The fourth-order valence-electron chi connectivity index (χ4n) is 2.65. The molecule has 1 aliphatic heterocycles. The zero-order valence-electron chi connectivity index (χ0n) is 11.5. The molecule has 0 aliphatic carbocycles. The molecule has 1 N–H and O–H groups in total. The van der Waals surface area contributed by atoms with Crippen molar-refractivity contribution in [2.24, 2.45) is 5.92 Å². The van der Waals surface area contributed by atoms with Crippen LogP contribution in [0.3, 0.4) is 0 Å². The van der Waals surface area contributed by atoms with Crippen LogP contribution < -0.4 is 0 Å².